The summed E-state index contributed by atoms with van der Waals surface area (Å²) in [5, 5.41) is 32.7. The average Bonchev–Trinajstić information content (AvgIpc) is 2.66. The Hall–Kier alpha value is -1.83. The van der Waals surface area contributed by atoms with Crippen molar-refractivity contribution in [1.29, 1.82) is 0 Å². The van der Waals surface area contributed by atoms with Crippen LogP contribution in [-0.2, 0) is 14.4 Å². The van der Waals surface area contributed by atoms with Crippen LogP contribution in [0.4, 0.5) is 0 Å². The first-order chi connectivity index (χ1) is 11.5. The fourth-order valence-electron chi connectivity index (χ4n) is 2.73. The highest BCUT2D eigenvalue weighted by molar-refractivity contribution is 5.81. The second-order valence-electron chi connectivity index (χ2n) is 5.53. The Balaban J connectivity index is 3.17. The molecule has 8 N–H and O–H groups in total. The molecule has 0 saturated carbocycles. The van der Waals surface area contributed by atoms with Crippen LogP contribution in [0.3, 0.4) is 0 Å². The highest BCUT2D eigenvalue weighted by Gasteiger charge is 2.41. The lowest BCUT2D eigenvalue weighted by molar-refractivity contribution is -0.141. The van der Waals surface area contributed by atoms with Crippen molar-refractivity contribution in [2.24, 2.45) is 0 Å². The highest BCUT2D eigenvalue weighted by atomic mass is 16.5. The second kappa shape index (κ2) is 10.1. The van der Waals surface area contributed by atoms with Gasteiger partial charge in [0.25, 0.3) is 5.91 Å². The van der Waals surface area contributed by atoms with Gasteiger partial charge in [0.05, 0.1) is 12.1 Å². The van der Waals surface area contributed by atoms with Gasteiger partial charge in [-0.05, 0) is 0 Å². The molecule has 24 heavy (non-hydrogen) atoms. The molecule has 0 atom stereocenters. The number of nitrogens with zero attached hydrogens (tertiary/aromatic N) is 1. The molecule has 1 heterocycles. The van der Waals surface area contributed by atoms with Crippen LogP contribution >= 0.6 is 0 Å². The average molecular weight is 348 g/mol. The summed E-state index contributed by atoms with van der Waals surface area (Å²) in [6.45, 7) is 1.85. The molecule has 0 radical (unpaired) electrons. The van der Waals surface area contributed by atoms with E-state index in [0.29, 0.717) is 26.2 Å². The minimum absolute atomic E-state index is 0.147. The van der Waals surface area contributed by atoms with Crippen molar-refractivity contribution in [3.63, 3.8) is 0 Å². The van der Waals surface area contributed by atoms with E-state index in [1.165, 1.54) is 16.4 Å². The summed E-state index contributed by atoms with van der Waals surface area (Å²) in [4.78, 5) is 36.7. The van der Waals surface area contributed by atoms with Crippen LogP contribution in [-0.4, -0.2) is 83.1 Å². The van der Waals surface area contributed by atoms with Gasteiger partial charge in [-0.15, -0.1) is 0 Å². The van der Waals surface area contributed by atoms with Crippen molar-refractivity contribution in [2.75, 3.05) is 39.3 Å². The Bertz CT molecular complexity index is 430. The fourth-order valence-corrected chi connectivity index (χ4v) is 2.73. The molecule has 3 amide bonds. The normalized spacial score (nSPS) is 18.6. The second-order valence-corrected chi connectivity index (χ2v) is 5.53. The smallest absolute Gasteiger partial charge is 0.257 e. The topological polar surface area (TPSA) is 175 Å². The van der Waals surface area contributed by atoms with Gasteiger partial charge >= 0.3 is 0 Å². The summed E-state index contributed by atoms with van der Waals surface area (Å²) in [6, 6.07) is 0. The van der Waals surface area contributed by atoms with Gasteiger partial charge in [-0.2, -0.15) is 0 Å². The van der Waals surface area contributed by atoms with E-state index >= 15 is 0 Å². The van der Waals surface area contributed by atoms with Gasteiger partial charge in [-0.1, -0.05) is 0 Å². The zero-order valence-electron chi connectivity index (χ0n) is 13.2. The maximum atomic E-state index is 11.8. The molecule has 1 rings (SSSR count). The molecule has 12 heteroatoms. The summed E-state index contributed by atoms with van der Waals surface area (Å²) < 4.78 is 0. The minimum atomic E-state index is -1.20. The van der Waals surface area contributed by atoms with Gasteiger partial charge in [-0.25, -0.2) is 16.4 Å². The van der Waals surface area contributed by atoms with Gasteiger partial charge in [0.1, 0.15) is 0 Å². The van der Waals surface area contributed by atoms with Crippen molar-refractivity contribution >= 4 is 17.7 Å². The van der Waals surface area contributed by atoms with E-state index in [-0.39, 0.29) is 25.9 Å². The zero-order valence-corrected chi connectivity index (χ0v) is 13.2. The zero-order chi connectivity index (χ0) is 18.0. The summed E-state index contributed by atoms with van der Waals surface area (Å²) in [7, 11) is 0. The lowest BCUT2D eigenvalue weighted by Crippen LogP contribution is -2.61. The van der Waals surface area contributed by atoms with Crippen LogP contribution in [0.5, 0.6) is 0 Å². The van der Waals surface area contributed by atoms with Crippen molar-refractivity contribution in [1.82, 2.24) is 32.0 Å². The molecule has 0 aliphatic carbocycles. The van der Waals surface area contributed by atoms with Crippen LogP contribution < -0.4 is 27.1 Å². The largest absolute Gasteiger partial charge is 0.314 e. The number of hydrogen-bond donors (Lipinski definition) is 8. The molecule has 0 unspecified atom stereocenters. The third kappa shape index (κ3) is 5.99. The molecule has 1 aliphatic rings. The van der Waals surface area contributed by atoms with E-state index in [1.807, 2.05) is 0 Å². The lowest BCUT2D eigenvalue weighted by atomic mass is 9.87. The quantitative estimate of drug-likeness (QED) is 0.179. The summed E-state index contributed by atoms with van der Waals surface area (Å²) in [5.74, 6) is -2.21. The van der Waals surface area contributed by atoms with Gasteiger partial charge in [-0.3, -0.25) is 34.9 Å². The van der Waals surface area contributed by atoms with E-state index in [4.69, 9.17) is 15.6 Å². The number of carbonyl (C=O) groups is 3. The van der Waals surface area contributed by atoms with Gasteiger partial charge in [0, 0.05) is 45.6 Å². The molecule has 0 aromatic rings. The molecule has 0 aromatic heterocycles. The molecule has 12 nitrogen and oxygen atoms in total. The third-order valence-electron chi connectivity index (χ3n) is 3.85. The maximum absolute atomic E-state index is 11.8. The molecule has 138 valence electrons. The first-order valence-electron chi connectivity index (χ1n) is 7.42. The molecule has 1 fully saturated rings. The van der Waals surface area contributed by atoms with Crippen molar-refractivity contribution in [2.45, 2.75) is 18.4 Å². The first-order valence-corrected chi connectivity index (χ1v) is 7.42. The van der Waals surface area contributed by atoms with E-state index in [0.717, 1.165) is 0 Å². The molecule has 0 aromatic carbocycles. The summed E-state index contributed by atoms with van der Waals surface area (Å²) in [6.07, 6.45) is -0.606. The maximum Gasteiger partial charge on any atom is 0.257 e. The number of amides is 3. The molecular weight excluding hydrogens is 324 g/mol. The van der Waals surface area contributed by atoms with E-state index < -0.39 is 23.3 Å². The van der Waals surface area contributed by atoms with E-state index in [9.17, 15) is 14.4 Å². The predicted molar refractivity (Wildman–Crippen MR) is 79.1 cm³/mol. The first kappa shape index (κ1) is 20.2. The third-order valence-corrected chi connectivity index (χ3v) is 3.85. The van der Waals surface area contributed by atoms with Gasteiger partial charge in [0.15, 0.2) is 0 Å². The molecule has 0 bridgehead atoms. The van der Waals surface area contributed by atoms with Crippen LogP contribution in [0.25, 0.3) is 0 Å². The van der Waals surface area contributed by atoms with Gasteiger partial charge in [0.2, 0.25) is 11.8 Å². The van der Waals surface area contributed by atoms with Crippen LogP contribution in [0, 0.1) is 0 Å². The summed E-state index contributed by atoms with van der Waals surface area (Å²) in [5.41, 5.74) is 3.35. The van der Waals surface area contributed by atoms with Crippen molar-refractivity contribution in [3.8, 4) is 0 Å². The molecule has 0 spiro atoms. The molecule has 1 saturated heterocycles. The number of hydroxylamine groups is 3. The number of carbonyl (C=O) groups excluding carboxylic acids is 3. The minimum Gasteiger partial charge on any atom is -0.314 e. The van der Waals surface area contributed by atoms with Crippen LogP contribution in [0.15, 0.2) is 0 Å². The Morgan fingerprint density at radius 3 is 1.96 bits per heavy atom. The Morgan fingerprint density at radius 1 is 0.875 bits per heavy atom. The highest BCUT2D eigenvalue weighted by Crippen LogP contribution is 2.24. The number of hydrogen-bond acceptors (Lipinski definition) is 9. The predicted octanol–water partition coefficient (Wildman–Crippen LogP) is -3.48. The van der Waals surface area contributed by atoms with E-state index in [1.54, 1.807) is 4.90 Å². The van der Waals surface area contributed by atoms with Crippen molar-refractivity contribution < 1.29 is 30.0 Å². The van der Waals surface area contributed by atoms with E-state index in [2.05, 4.69) is 10.6 Å². The van der Waals surface area contributed by atoms with Crippen molar-refractivity contribution in [3.05, 3.63) is 0 Å². The lowest BCUT2D eigenvalue weighted by Gasteiger charge is -2.42. The molecular formula is C12H24N6O6. The summed E-state index contributed by atoms with van der Waals surface area (Å²) >= 11 is 0. The Labute approximate surface area is 138 Å². The monoisotopic (exact) mass is 348 g/mol. The standard InChI is InChI=1S/C12H24N6O6/c19-9(15-22)5-12(6-10(20)16-23)8-14-2-1-13-3-4-18(12)7-11(21)17-24/h13-14,22-24H,1-8H2,(H,15,19)(H,16,20)(H,17,21). The number of rotatable bonds is 6. The molecule has 1 aliphatic heterocycles. The van der Waals surface area contributed by atoms with Crippen LogP contribution in [0.2, 0.25) is 0 Å². The van der Waals surface area contributed by atoms with Crippen LogP contribution in [0.1, 0.15) is 12.8 Å². The Morgan fingerprint density at radius 2 is 1.42 bits per heavy atom. The fraction of sp³-hybridized carbons (Fsp3) is 0.750. The SMILES string of the molecule is O=C(CN1CCNCCNCC1(CC(=O)NO)CC(=O)NO)NO. The number of nitrogens with one attached hydrogen (secondary N) is 5. The van der Waals surface area contributed by atoms with Gasteiger partial charge < -0.3 is 10.6 Å². The Kier molecular flexibility index (Phi) is 8.53.